The summed E-state index contributed by atoms with van der Waals surface area (Å²) in [4.78, 5) is 198. The summed E-state index contributed by atoms with van der Waals surface area (Å²) in [6, 6.07) is 37.9. The van der Waals surface area contributed by atoms with Crippen molar-refractivity contribution in [1.82, 2.24) is 77.7 Å². The van der Waals surface area contributed by atoms with E-state index in [1.807, 2.05) is 78.9 Å². The van der Waals surface area contributed by atoms with Crippen LogP contribution in [0.1, 0.15) is 164 Å². The molecule has 4 fully saturated rings. The molecule has 0 spiro atoms. The van der Waals surface area contributed by atoms with Gasteiger partial charge >= 0.3 is 6.09 Å². The first-order chi connectivity index (χ1) is 63.4. The van der Waals surface area contributed by atoms with Gasteiger partial charge in [0.25, 0.3) is 11.8 Å². The lowest BCUT2D eigenvalue weighted by Crippen LogP contribution is -2.58. The highest BCUT2D eigenvalue weighted by Crippen LogP contribution is 2.45. The van der Waals surface area contributed by atoms with Crippen LogP contribution in [0.3, 0.4) is 0 Å². The van der Waals surface area contributed by atoms with E-state index in [0.29, 0.717) is 134 Å². The number of aliphatic imine (C=N–C) groups is 3. The summed E-state index contributed by atoms with van der Waals surface area (Å²) in [7, 11) is 7.70. The number of hydrogen-bond acceptors (Lipinski definition) is 19. The van der Waals surface area contributed by atoms with Gasteiger partial charge in [-0.15, -0.1) is 0 Å². The van der Waals surface area contributed by atoms with Crippen molar-refractivity contribution in [3.63, 3.8) is 0 Å². The van der Waals surface area contributed by atoms with Crippen molar-refractivity contribution in [2.45, 2.75) is 197 Å². The molecule has 4 heterocycles. The van der Waals surface area contributed by atoms with Crippen LogP contribution in [0, 0.1) is 17.8 Å². The molecule has 37 nitrogen and oxygen atoms in total. The number of ether oxygens (including phenoxy) is 2. The molecule has 5 aliphatic rings. The quantitative estimate of drug-likeness (QED) is 0.0115. The first-order valence-corrected chi connectivity index (χ1v) is 45.6. The standard InChI is InChI=1S/C58H89N15O10.C37H45N7O5/c1-58(2,3)83-37-44(54(81)70-29-16-25-46(70)52(79)69-73(36-39-20-11-8-12-21-39)48(75)34-40(49(76)62-4)22-13-27-65-56(60)63-5)68-50(77)41(32-38-18-9-7-10-19-38)33-42(74)35-67-51(78)45-24-15-30-71(45)55(82)47-26-17-31-72(47)53(80)43(59)23-14-28-66-57(61)64-6;1-39-34(46)26(14-10-20-41-36(38)40-2)22-33(45)44(23-25-12-4-3-5-13-25)42-35(47)32-19-11-21-43(32)37(48)49-24-31-29-17-8-6-15-27(29)28-16-7-9-18-30(28)31/h7-12,18-21,40-41,43-47H,13-17,22-37,59H2,1-6H3,(H,62,76)(H,67,78)(H,68,77)(H,69,79)(H3,60,63,65)(H3,61,64,66);3-9,12-13,15-18,26,31-32H,10-11,14,19-24H2,1-2H3,(H,39,46)(H,42,47)(H3,38,40,41)/t40-,41+,43-,44-,45-,46-,47-;26-,32-/m00/s1. The molecule has 5 aromatic carbocycles. The van der Waals surface area contributed by atoms with Gasteiger partial charge in [0.2, 0.25) is 53.2 Å². The van der Waals surface area contributed by atoms with Crippen LogP contribution >= 0.6 is 0 Å². The molecule has 0 bridgehead atoms. The number of carbonyl (C=O) groups excluding carboxylic acids is 13. The Hall–Kier alpha value is -13.1. The maximum Gasteiger partial charge on any atom is 0.410 e. The molecule has 17 N–H and O–H groups in total. The number of nitrogens with one attached hydrogen (secondary N) is 9. The minimum atomic E-state index is -1.32. The Morgan fingerprint density at radius 2 is 0.879 bits per heavy atom. The zero-order valence-corrected chi connectivity index (χ0v) is 77.2. The molecule has 4 saturated heterocycles. The van der Waals surface area contributed by atoms with Gasteiger partial charge in [0.1, 0.15) is 36.8 Å². The SMILES string of the molecule is CN=C(N)NCCC[C@@H](CC(=O)N(Cc1ccccc1)NC(=O)[C@@H]1CCCN1C(=O)OCC1c2ccccc2-c2ccccc21)C(=O)NC.CN=C(N)NCCC[C@@H](CC(=O)N(Cc1ccccc1)NC(=O)[C@@H]1CCCN1C(=O)[C@H](COC(C)(C)C)NC(=O)[C@@H](CC(=O)CNC(=O)[C@@H]1CCCN1C(=O)[C@@H]1CCCN1C(=O)[C@@H](N)CCCNC(N)=NC)Cc1ccccc1)C(=O)NC. The number of hydrogen-bond donors (Lipinski definition) is 13. The third kappa shape index (κ3) is 30.3. The highest BCUT2D eigenvalue weighted by Gasteiger charge is 2.46. The summed E-state index contributed by atoms with van der Waals surface area (Å²) in [5, 5.41) is 22.1. The summed E-state index contributed by atoms with van der Waals surface area (Å²) >= 11 is 0. The summed E-state index contributed by atoms with van der Waals surface area (Å²) in [6.07, 6.45) is 5.19. The van der Waals surface area contributed by atoms with Crippen LogP contribution in [0.25, 0.3) is 11.1 Å². The Kier molecular flexibility index (Phi) is 40.1. The van der Waals surface area contributed by atoms with Crippen molar-refractivity contribution < 1.29 is 71.8 Å². The molecule has 0 radical (unpaired) electrons. The molecule has 714 valence electrons. The van der Waals surface area contributed by atoms with Crippen molar-refractivity contribution in [3.05, 3.63) is 167 Å². The van der Waals surface area contributed by atoms with E-state index in [-0.39, 0.29) is 106 Å². The van der Waals surface area contributed by atoms with Gasteiger partial charge in [0.05, 0.1) is 37.9 Å². The fraction of sp³-hybridized carbons (Fsp3) is 0.516. The van der Waals surface area contributed by atoms with Gasteiger partial charge < -0.3 is 84.3 Å². The number of carbonyl (C=O) groups is 13. The number of nitrogens with two attached hydrogens (primary N) is 4. The summed E-state index contributed by atoms with van der Waals surface area (Å²) < 4.78 is 12.0. The number of amides is 12. The third-order valence-corrected chi connectivity index (χ3v) is 24.2. The third-order valence-electron chi connectivity index (χ3n) is 24.2. The molecule has 37 heteroatoms. The Balaban J connectivity index is 0.000000338. The van der Waals surface area contributed by atoms with E-state index in [1.165, 1.54) is 43.7 Å². The van der Waals surface area contributed by atoms with Gasteiger partial charge in [-0.2, -0.15) is 0 Å². The predicted molar refractivity (Wildman–Crippen MR) is 500 cm³/mol. The van der Waals surface area contributed by atoms with Crippen LogP contribution < -0.4 is 71.0 Å². The molecular formula is C95H134N22O15. The average Bonchev–Trinajstić information content (AvgIpc) is 1.60. The van der Waals surface area contributed by atoms with Gasteiger partial charge in [0.15, 0.2) is 23.7 Å². The molecule has 9 atom stereocenters. The van der Waals surface area contributed by atoms with E-state index in [0.717, 1.165) is 33.4 Å². The van der Waals surface area contributed by atoms with Crippen LogP contribution in [-0.2, 0) is 86.5 Å². The number of guanidine groups is 3. The number of rotatable bonds is 40. The van der Waals surface area contributed by atoms with Crippen LogP contribution in [0.5, 0.6) is 0 Å². The predicted octanol–water partition coefficient (Wildman–Crippen LogP) is 3.49. The van der Waals surface area contributed by atoms with Crippen LogP contribution in [-0.4, -0.2) is 267 Å². The number of fused-ring (bicyclic) bond motifs is 3. The smallest absolute Gasteiger partial charge is 0.410 e. The van der Waals surface area contributed by atoms with Crippen LogP contribution in [0.2, 0.25) is 0 Å². The first-order valence-electron chi connectivity index (χ1n) is 45.6. The van der Waals surface area contributed by atoms with Crippen molar-refractivity contribution in [2.75, 3.05) is 101 Å². The Morgan fingerprint density at radius 1 is 0.470 bits per heavy atom. The van der Waals surface area contributed by atoms with Crippen molar-refractivity contribution in [2.24, 2.45) is 55.7 Å². The molecule has 10 rings (SSSR count). The Labute approximate surface area is 772 Å². The molecule has 0 aromatic heterocycles. The topological polar surface area (TPSA) is 509 Å². The maximum atomic E-state index is 14.8. The molecule has 4 aliphatic heterocycles. The first kappa shape index (κ1) is 103. The van der Waals surface area contributed by atoms with Crippen molar-refractivity contribution >= 4 is 94.7 Å². The lowest BCUT2D eigenvalue weighted by Gasteiger charge is -2.33. The van der Waals surface area contributed by atoms with E-state index >= 15 is 0 Å². The van der Waals surface area contributed by atoms with Crippen molar-refractivity contribution in [3.8, 4) is 11.1 Å². The second-order valence-electron chi connectivity index (χ2n) is 34.6. The summed E-state index contributed by atoms with van der Waals surface area (Å²) in [5.41, 5.74) is 35.0. The summed E-state index contributed by atoms with van der Waals surface area (Å²) in [6.45, 7) is 7.39. The highest BCUT2D eigenvalue weighted by atomic mass is 16.6. The largest absolute Gasteiger partial charge is 0.448 e. The molecule has 0 unspecified atom stereocenters. The molecule has 12 amide bonds. The summed E-state index contributed by atoms with van der Waals surface area (Å²) in [5.74, 6) is -7.33. The zero-order valence-electron chi connectivity index (χ0n) is 77.2. The van der Waals surface area contributed by atoms with Gasteiger partial charge in [-0.05, 0) is 156 Å². The van der Waals surface area contributed by atoms with E-state index in [9.17, 15) is 62.3 Å². The number of hydrazine groups is 2. The van der Waals surface area contributed by atoms with Gasteiger partial charge in [0, 0.05) is 124 Å². The van der Waals surface area contributed by atoms with Crippen molar-refractivity contribution in [1.29, 1.82) is 0 Å². The lowest BCUT2D eigenvalue weighted by atomic mass is 9.93. The zero-order chi connectivity index (χ0) is 95.4. The average molecular weight is 1820 g/mol. The van der Waals surface area contributed by atoms with Gasteiger partial charge in [-0.1, -0.05) is 140 Å². The maximum absolute atomic E-state index is 14.8. The van der Waals surface area contributed by atoms with Crippen LogP contribution in [0.4, 0.5) is 4.79 Å². The number of ketones is 1. The fourth-order valence-electron chi connectivity index (χ4n) is 17.1. The monoisotopic (exact) mass is 1820 g/mol. The lowest BCUT2D eigenvalue weighted by molar-refractivity contribution is -0.150. The molecule has 1 aliphatic carbocycles. The highest BCUT2D eigenvalue weighted by molar-refractivity contribution is 5.98. The van der Waals surface area contributed by atoms with Gasteiger partial charge in [-0.3, -0.25) is 88.3 Å². The van der Waals surface area contributed by atoms with Crippen LogP contribution in [0.15, 0.2) is 155 Å². The Morgan fingerprint density at radius 3 is 1.34 bits per heavy atom. The number of benzene rings is 5. The number of likely N-dealkylation sites (tertiary alicyclic amines) is 4. The minimum Gasteiger partial charge on any atom is -0.448 e. The Bertz CT molecular complexity index is 4780. The molecule has 0 saturated carbocycles. The van der Waals surface area contributed by atoms with E-state index in [1.54, 1.807) is 78.3 Å². The number of Topliss-reactive ketones (excluding diaryl/α,β-unsaturated/α-hetero) is 1. The number of nitrogens with zero attached hydrogens (tertiary/aromatic N) is 9. The van der Waals surface area contributed by atoms with E-state index in [2.05, 4.69) is 87.3 Å². The van der Waals surface area contributed by atoms with Gasteiger partial charge in [-0.25, -0.2) is 14.8 Å². The second-order valence-corrected chi connectivity index (χ2v) is 34.6. The second kappa shape index (κ2) is 51.5. The van der Waals surface area contributed by atoms with E-state index in [4.69, 9.17) is 32.4 Å². The fourth-order valence-corrected chi connectivity index (χ4v) is 17.1. The normalized spacial score (nSPS) is 17.7. The van der Waals surface area contributed by atoms with E-state index < -0.39 is 119 Å². The molecule has 132 heavy (non-hydrogen) atoms. The minimum absolute atomic E-state index is 0.0367. The molecule has 5 aromatic rings. The molecular weight excluding hydrogens is 1690 g/mol.